The molecule has 0 amide bonds. The van der Waals surface area contributed by atoms with Crippen LogP contribution >= 0.6 is 0 Å². The number of para-hydroxylation sites is 1. The number of hydrogen-bond acceptors (Lipinski definition) is 4. The lowest BCUT2D eigenvalue weighted by molar-refractivity contribution is 0.0542. The van der Waals surface area contributed by atoms with Crippen LogP contribution < -0.4 is 10.1 Å². The van der Waals surface area contributed by atoms with Crippen molar-refractivity contribution in [1.82, 2.24) is 5.32 Å². The van der Waals surface area contributed by atoms with Gasteiger partial charge in [0.25, 0.3) is 0 Å². The van der Waals surface area contributed by atoms with Crippen molar-refractivity contribution >= 4 is 0 Å². The highest BCUT2D eigenvalue weighted by molar-refractivity contribution is 5.33. The quantitative estimate of drug-likeness (QED) is 0.660. The average molecular weight is 267 g/mol. The van der Waals surface area contributed by atoms with E-state index in [9.17, 15) is 0 Å². The SMILES string of the molecule is COCCOCCOc1ccccc1CNC(C)C. The zero-order chi connectivity index (χ0) is 13.9. The van der Waals surface area contributed by atoms with E-state index >= 15 is 0 Å². The molecule has 0 fully saturated rings. The standard InChI is InChI=1S/C15H25NO3/c1-13(2)16-12-14-6-4-5-7-15(14)19-11-10-18-9-8-17-3/h4-7,13,16H,8-12H2,1-3H3. The van der Waals surface area contributed by atoms with Crippen LogP contribution in [0, 0.1) is 0 Å². The molecule has 0 aliphatic carbocycles. The van der Waals surface area contributed by atoms with Crippen molar-refractivity contribution in [2.75, 3.05) is 33.5 Å². The molecule has 0 bridgehead atoms. The van der Waals surface area contributed by atoms with Gasteiger partial charge < -0.3 is 19.5 Å². The lowest BCUT2D eigenvalue weighted by atomic mass is 10.2. The zero-order valence-electron chi connectivity index (χ0n) is 12.1. The number of ether oxygens (including phenoxy) is 3. The molecule has 0 atom stereocenters. The average Bonchev–Trinajstić information content (AvgIpc) is 2.41. The van der Waals surface area contributed by atoms with Gasteiger partial charge >= 0.3 is 0 Å². The van der Waals surface area contributed by atoms with E-state index in [0.717, 1.165) is 12.3 Å². The molecule has 0 aliphatic heterocycles. The second-order valence-corrected chi connectivity index (χ2v) is 4.60. The Balaban J connectivity index is 2.31. The van der Waals surface area contributed by atoms with Crippen LogP contribution in [0.15, 0.2) is 24.3 Å². The first-order valence-electron chi connectivity index (χ1n) is 6.74. The van der Waals surface area contributed by atoms with Gasteiger partial charge in [-0.2, -0.15) is 0 Å². The minimum atomic E-state index is 0.463. The number of rotatable bonds is 10. The summed E-state index contributed by atoms with van der Waals surface area (Å²) in [6.07, 6.45) is 0. The molecule has 108 valence electrons. The van der Waals surface area contributed by atoms with E-state index in [2.05, 4.69) is 25.2 Å². The van der Waals surface area contributed by atoms with Crippen molar-refractivity contribution in [2.24, 2.45) is 0 Å². The smallest absolute Gasteiger partial charge is 0.123 e. The third-order valence-electron chi connectivity index (χ3n) is 2.59. The maximum Gasteiger partial charge on any atom is 0.123 e. The molecule has 0 saturated carbocycles. The van der Waals surface area contributed by atoms with Crippen LogP contribution in [0.4, 0.5) is 0 Å². The fourth-order valence-corrected chi connectivity index (χ4v) is 1.56. The highest BCUT2D eigenvalue weighted by Crippen LogP contribution is 2.17. The second-order valence-electron chi connectivity index (χ2n) is 4.60. The lowest BCUT2D eigenvalue weighted by Gasteiger charge is -2.13. The van der Waals surface area contributed by atoms with Crippen LogP contribution in [0.3, 0.4) is 0 Å². The van der Waals surface area contributed by atoms with Crippen molar-refractivity contribution < 1.29 is 14.2 Å². The molecular weight excluding hydrogens is 242 g/mol. The fourth-order valence-electron chi connectivity index (χ4n) is 1.56. The van der Waals surface area contributed by atoms with E-state index < -0.39 is 0 Å². The maximum atomic E-state index is 5.74. The largest absolute Gasteiger partial charge is 0.491 e. The van der Waals surface area contributed by atoms with E-state index in [1.807, 2.05) is 18.2 Å². The predicted octanol–water partition coefficient (Wildman–Crippen LogP) is 2.23. The van der Waals surface area contributed by atoms with Crippen molar-refractivity contribution in [2.45, 2.75) is 26.4 Å². The summed E-state index contributed by atoms with van der Waals surface area (Å²) in [6.45, 7) is 7.45. The Morgan fingerprint density at radius 2 is 1.79 bits per heavy atom. The van der Waals surface area contributed by atoms with Crippen LogP contribution in [0.5, 0.6) is 5.75 Å². The van der Waals surface area contributed by atoms with Crippen LogP contribution in [0.25, 0.3) is 0 Å². The summed E-state index contributed by atoms with van der Waals surface area (Å²) in [7, 11) is 1.66. The molecule has 0 heterocycles. The highest BCUT2D eigenvalue weighted by atomic mass is 16.5. The fraction of sp³-hybridized carbons (Fsp3) is 0.600. The molecule has 0 spiro atoms. The summed E-state index contributed by atoms with van der Waals surface area (Å²) in [5.41, 5.74) is 1.17. The number of hydrogen-bond donors (Lipinski definition) is 1. The van der Waals surface area contributed by atoms with Crippen molar-refractivity contribution in [3.05, 3.63) is 29.8 Å². The van der Waals surface area contributed by atoms with E-state index in [-0.39, 0.29) is 0 Å². The van der Waals surface area contributed by atoms with Crippen LogP contribution in [-0.4, -0.2) is 39.6 Å². The Bertz CT molecular complexity index is 342. The van der Waals surface area contributed by atoms with Gasteiger partial charge in [-0.1, -0.05) is 32.0 Å². The van der Waals surface area contributed by atoms with Gasteiger partial charge in [-0.25, -0.2) is 0 Å². The van der Waals surface area contributed by atoms with Gasteiger partial charge in [0.1, 0.15) is 12.4 Å². The Hall–Kier alpha value is -1.10. The third-order valence-corrected chi connectivity index (χ3v) is 2.59. The van der Waals surface area contributed by atoms with E-state index in [1.54, 1.807) is 7.11 Å². The Kier molecular flexibility index (Phi) is 8.21. The summed E-state index contributed by atoms with van der Waals surface area (Å²) in [4.78, 5) is 0. The zero-order valence-corrected chi connectivity index (χ0v) is 12.1. The van der Waals surface area contributed by atoms with Gasteiger partial charge in [-0.05, 0) is 6.07 Å². The lowest BCUT2D eigenvalue weighted by Crippen LogP contribution is -2.22. The molecule has 4 heteroatoms. The maximum absolute atomic E-state index is 5.74. The van der Waals surface area contributed by atoms with E-state index in [4.69, 9.17) is 14.2 Å². The molecule has 4 nitrogen and oxygen atoms in total. The first kappa shape index (κ1) is 16.0. The topological polar surface area (TPSA) is 39.7 Å². The molecule has 1 aromatic rings. The van der Waals surface area contributed by atoms with Crippen molar-refractivity contribution in [3.63, 3.8) is 0 Å². The van der Waals surface area contributed by atoms with Gasteiger partial charge in [0.15, 0.2) is 0 Å². The predicted molar refractivity (Wildman–Crippen MR) is 76.6 cm³/mol. The molecular formula is C15H25NO3. The molecule has 19 heavy (non-hydrogen) atoms. The molecule has 0 radical (unpaired) electrons. The van der Waals surface area contributed by atoms with E-state index in [1.165, 1.54) is 5.56 Å². The normalized spacial score (nSPS) is 10.9. The van der Waals surface area contributed by atoms with Crippen LogP contribution in [0.2, 0.25) is 0 Å². The summed E-state index contributed by atoms with van der Waals surface area (Å²) in [6, 6.07) is 8.55. The first-order chi connectivity index (χ1) is 9.24. The monoisotopic (exact) mass is 267 g/mol. The minimum Gasteiger partial charge on any atom is -0.491 e. The molecule has 0 saturated heterocycles. The molecule has 0 unspecified atom stereocenters. The van der Waals surface area contributed by atoms with Crippen molar-refractivity contribution in [1.29, 1.82) is 0 Å². The van der Waals surface area contributed by atoms with Gasteiger partial charge in [0.05, 0.1) is 19.8 Å². The van der Waals surface area contributed by atoms with Gasteiger partial charge in [-0.15, -0.1) is 0 Å². The molecule has 1 rings (SSSR count). The minimum absolute atomic E-state index is 0.463. The summed E-state index contributed by atoms with van der Waals surface area (Å²) >= 11 is 0. The Morgan fingerprint density at radius 3 is 2.53 bits per heavy atom. The Labute approximate surface area is 116 Å². The number of nitrogens with one attached hydrogen (secondary N) is 1. The molecule has 1 aromatic carbocycles. The summed E-state index contributed by atoms with van der Waals surface area (Å²) in [5, 5.41) is 3.39. The van der Waals surface area contributed by atoms with Gasteiger partial charge in [-0.3, -0.25) is 0 Å². The first-order valence-corrected chi connectivity index (χ1v) is 6.74. The van der Waals surface area contributed by atoms with E-state index in [0.29, 0.717) is 32.5 Å². The molecule has 1 N–H and O–H groups in total. The molecule has 0 aromatic heterocycles. The number of methoxy groups -OCH3 is 1. The highest BCUT2D eigenvalue weighted by Gasteiger charge is 2.03. The number of benzene rings is 1. The van der Waals surface area contributed by atoms with Gasteiger partial charge in [0.2, 0.25) is 0 Å². The van der Waals surface area contributed by atoms with Crippen molar-refractivity contribution in [3.8, 4) is 5.75 Å². The van der Waals surface area contributed by atoms with Gasteiger partial charge in [0, 0.05) is 25.3 Å². The Morgan fingerprint density at radius 1 is 1.05 bits per heavy atom. The third kappa shape index (κ3) is 7.15. The van der Waals surface area contributed by atoms with Crippen LogP contribution in [0.1, 0.15) is 19.4 Å². The van der Waals surface area contributed by atoms with Crippen LogP contribution in [-0.2, 0) is 16.0 Å². The summed E-state index contributed by atoms with van der Waals surface area (Å²) in [5.74, 6) is 0.922. The molecule has 0 aliphatic rings. The summed E-state index contributed by atoms with van der Waals surface area (Å²) < 4.78 is 16.0. The second kappa shape index (κ2) is 9.78.